The van der Waals surface area contributed by atoms with E-state index in [2.05, 4.69) is 27.1 Å². The molecule has 0 atom stereocenters. The van der Waals surface area contributed by atoms with Gasteiger partial charge < -0.3 is 14.2 Å². The van der Waals surface area contributed by atoms with Gasteiger partial charge in [-0.2, -0.15) is 10.2 Å². The van der Waals surface area contributed by atoms with Gasteiger partial charge in [-0.05, 0) is 68.3 Å². The third-order valence-electron chi connectivity index (χ3n) is 5.95. The Morgan fingerprint density at radius 2 is 1.41 bits per heavy atom. The Kier molecular flexibility index (Phi) is 12.9. The zero-order valence-electron chi connectivity index (χ0n) is 23.1. The van der Waals surface area contributed by atoms with E-state index in [1.807, 2.05) is 54.7 Å². The van der Waals surface area contributed by atoms with Gasteiger partial charge in [0.25, 0.3) is 0 Å². The van der Waals surface area contributed by atoms with Gasteiger partial charge in [0.2, 0.25) is 0 Å². The van der Waals surface area contributed by atoms with Crippen LogP contribution in [-0.4, -0.2) is 41.3 Å². The van der Waals surface area contributed by atoms with Crippen molar-refractivity contribution >= 4 is 17.3 Å². The van der Waals surface area contributed by atoms with Crippen LogP contribution in [-0.2, 0) is 20.9 Å². The topological polar surface area (TPSA) is 100 Å². The Morgan fingerprint density at radius 3 is 2.00 bits per heavy atom. The molecule has 1 aromatic heterocycles. The molecule has 0 amide bonds. The lowest BCUT2D eigenvalue weighted by molar-refractivity contribution is -0.139. The molecule has 1 heterocycles. The summed E-state index contributed by atoms with van der Waals surface area (Å²) >= 11 is 0. The molecule has 0 fully saturated rings. The molecule has 0 saturated heterocycles. The molecule has 0 saturated carbocycles. The third kappa shape index (κ3) is 11.2. The van der Waals surface area contributed by atoms with Crippen molar-refractivity contribution in [1.29, 1.82) is 0 Å². The number of hydrogen-bond acceptors (Lipinski definition) is 8. The van der Waals surface area contributed by atoms with E-state index in [-0.39, 0.29) is 5.97 Å². The first-order valence-electron chi connectivity index (χ1n) is 13.5. The Hall–Kier alpha value is -3.85. The second kappa shape index (κ2) is 16.9. The molecule has 0 N–H and O–H groups in total. The summed E-state index contributed by atoms with van der Waals surface area (Å²) in [5.41, 5.74) is 3.63. The molecule has 0 aliphatic rings. The number of azo groups is 1. The van der Waals surface area contributed by atoms with Gasteiger partial charge in [-0.25, -0.2) is 9.48 Å². The smallest absolute Gasteiger partial charge is 0.333 e. The zero-order chi connectivity index (χ0) is 27.7. The minimum Gasteiger partial charge on any atom is -0.494 e. The summed E-state index contributed by atoms with van der Waals surface area (Å²) in [6.45, 7) is 6.87. The molecule has 2 aromatic carbocycles. The van der Waals surface area contributed by atoms with Crippen molar-refractivity contribution in [2.45, 2.75) is 64.9 Å². The van der Waals surface area contributed by atoms with Gasteiger partial charge in [0.05, 0.1) is 43.1 Å². The van der Waals surface area contributed by atoms with Gasteiger partial charge in [0.15, 0.2) is 0 Å². The van der Waals surface area contributed by atoms with Gasteiger partial charge in [0.1, 0.15) is 11.4 Å². The van der Waals surface area contributed by atoms with Crippen LogP contribution < -0.4 is 4.74 Å². The van der Waals surface area contributed by atoms with Crippen molar-refractivity contribution in [3.8, 4) is 11.4 Å². The van der Waals surface area contributed by atoms with Crippen LogP contribution in [0.3, 0.4) is 0 Å². The van der Waals surface area contributed by atoms with E-state index in [1.165, 1.54) is 25.7 Å². The van der Waals surface area contributed by atoms with E-state index in [0.717, 1.165) is 54.2 Å². The molecule has 208 valence electrons. The average Bonchev–Trinajstić information content (AvgIpc) is 3.42. The number of nitrogens with zero attached hydrogens (tertiary/aromatic N) is 5. The van der Waals surface area contributed by atoms with E-state index in [1.54, 1.807) is 18.7 Å². The lowest BCUT2D eigenvalue weighted by Crippen LogP contribution is -2.05. The van der Waals surface area contributed by atoms with Crippen LogP contribution in [0.4, 0.5) is 11.4 Å². The molecule has 9 heteroatoms. The fourth-order valence-electron chi connectivity index (χ4n) is 3.78. The molecule has 39 heavy (non-hydrogen) atoms. The average molecular weight is 534 g/mol. The van der Waals surface area contributed by atoms with Crippen LogP contribution in [0.5, 0.6) is 5.75 Å². The maximum atomic E-state index is 11.3. The standard InChI is InChI=1S/C30H39N5O4/c1-24(2)30(36)39-21-11-9-7-5-4-6-8-10-20-38-29-18-14-26(15-19-29)32-31-25-12-16-28(17-13-25)35-22-27(23-37-3)33-34-35/h12-19,22H,1,4-11,20-21,23H2,2-3H3. The van der Waals surface area contributed by atoms with Crippen molar-refractivity contribution < 1.29 is 19.0 Å². The van der Waals surface area contributed by atoms with Gasteiger partial charge in [-0.1, -0.05) is 50.3 Å². The van der Waals surface area contributed by atoms with E-state index < -0.39 is 0 Å². The quantitative estimate of drug-likeness (QED) is 0.0728. The van der Waals surface area contributed by atoms with Crippen molar-refractivity contribution in [3.63, 3.8) is 0 Å². The van der Waals surface area contributed by atoms with Gasteiger partial charge in [-0.15, -0.1) is 5.10 Å². The Balaban J connectivity index is 1.25. The van der Waals surface area contributed by atoms with Crippen LogP contribution >= 0.6 is 0 Å². The first kappa shape index (κ1) is 29.7. The number of methoxy groups -OCH3 is 1. The van der Waals surface area contributed by atoms with Crippen molar-refractivity contribution in [2.24, 2.45) is 10.2 Å². The number of hydrogen-bond donors (Lipinski definition) is 0. The lowest BCUT2D eigenvalue weighted by Gasteiger charge is -2.06. The number of carbonyl (C=O) groups is 1. The predicted octanol–water partition coefficient (Wildman–Crippen LogP) is 7.45. The molecule has 0 radical (unpaired) electrons. The number of ether oxygens (including phenoxy) is 3. The first-order chi connectivity index (χ1) is 19.0. The number of aromatic nitrogens is 3. The lowest BCUT2D eigenvalue weighted by atomic mass is 10.1. The fourth-order valence-corrected chi connectivity index (χ4v) is 3.78. The zero-order valence-corrected chi connectivity index (χ0v) is 23.1. The molecule has 0 aliphatic heterocycles. The summed E-state index contributed by atoms with van der Waals surface area (Å²) in [4.78, 5) is 11.3. The van der Waals surface area contributed by atoms with Crippen LogP contribution in [0.15, 0.2) is 77.1 Å². The van der Waals surface area contributed by atoms with E-state index in [0.29, 0.717) is 25.4 Å². The van der Waals surface area contributed by atoms with Crippen LogP contribution in [0.2, 0.25) is 0 Å². The van der Waals surface area contributed by atoms with Crippen LogP contribution in [0.25, 0.3) is 5.69 Å². The number of unbranched alkanes of at least 4 members (excludes halogenated alkanes) is 7. The maximum Gasteiger partial charge on any atom is 0.333 e. The van der Waals surface area contributed by atoms with E-state index >= 15 is 0 Å². The normalized spacial score (nSPS) is 11.1. The second-order valence-electron chi connectivity index (χ2n) is 9.39. The Bertz CT molecular complexity index is 1170. The molecule has 3 rings (SSSR count). The maximum absolute atomic E-state index is 11.3. The SMILES string of the molecule is C=C(C)C(=O)OCCCCCCCCCCOc1ccc(N=Nc2ccc(-n3cc(COC)nn3)cc2)cc1. The number of benzene rings is 2. The highest BCUT2D eigenvalue weighted by atomic mass is 16.5. The molecule has 0 spiro atoms. The second-order valence-corrected chi connectivity index (χ2v) is 9.39. The summed E-state index contributed by atoms with van der Waals surface area (Å²) in [6.07, 6.45) is 10.9. The van der Waals surface area contributed by atoms with Gasteiger partial charge >= 0.3 is 5.97 Å². The van der Waals surface area contributed by atoms with Crippen molar-refractivity contribution in [2.75, 3.05) is 20.3 Å². The number of carbonyl (C=O) groups excluding carboxylic acids is 1. The highest BCUT2D eigenvalue weighted by Gasteiger charge is 2.04. The number of rotatable bonds is 18. The summed E-state index contributed by atoms with van der Waals surface area (Å²) < 4.78 is 17.7. The third-order valence-corrected chi connectivity index (χ3v) is 5.95. The van der Waals surface area contributed by atoms with E-state index in [9.17, 15) is 4.79 Å². The number of esters is 1. The van der Waals surface area contributed by atoms with Gasteiger partial charge in [0, 0.05) is 12.7 Å². The molecule has 0 aliphatic carbocycles. The molecule has 9 nitrogen and oxygen atoms in total. The highest BCUT2D eigenvalue weighted by molar-refractivity contribution is 5.86. The molecular formula is C30H39N5O4. The molecule has 0 bridgehead atoms. The molecular weight excluding hydrogens is 494 g/mol. The minimum absolute atomic E-state index is 0.293. The first-order valence-corrected chi connectivity index (χ1v) is 13.5. The van der Waals surface area contributed by atoms with Crippen molar-refractivity contribution in [1.82, 2.24) is 15.0 Å². The fraction of sp³-hybridized carbons (Fsp3) is 0.433. The Morgan fingerprint density at radius 1 is 0.846 bits per heavy atom. The summed E-state index contributed by atoms with van der Waals surface area (Å²) in [5, 5.41) is 16.8. The monoisotopic (exact) mass is 533 g/mol. The van der Waals surface area contributed by atoms with Crippen molar-refractivity contribution in [3.05, 3.63) is 72.6 Å². The van der Waals surface area contributed by atoms with Crippen LogP contribution in [0.1, 0.15) is 64.0 Å². The van der Waals surface area contributed by atoms with E-state index in [4.69, 9.17) is 14.2 Å². The van der Waals surface area contributed by atoms with Gasteiger partial charge in [-0.3, -0.25) is 0 Å². The minimum atomic E-state index is -0.293. The summed E-state index contributed by atoms with van der Waals surface area (Å²) in [7, 11) is 1.63. The largest absolute Gasteiger partial charge is 0.494 e. The Labute approximate surface area is 230 Å². The molecule has 0 unspecified atom stereocenters. The van der Waals surface area contributed by atoms with Crippen LogP contribution in [0, 0.1) is 0 Å². The summed E-state index contributed by atoms with van der Waals surface area (Å²) in [6, 6.07) is 15.3. The summed E-state index contributed by atoms with van der Waals surface area (Å²) in [5.74, 6) is 0.547. The highest BCUT2D eigenvalue weighted by Crippen LogP contribution is 2.22. The predicted molar refractivity (Wildman–Crippen MR) is 151 cm³/mol. The molecule has 3 aromatic rings.